The summed E-state index contributed by atoms with van der Waals surface area (Å²) in [6.45, 7) is 1.82. The van der Waals surface area contributed by atoms with Crippen LogP contribution in [0.2, 0.25) is 0 Å². The molecule has 1 nitrogen and oxygen atoms in total. The molecule has 0 aliphatic carbocycles. The van der Waals surface area contributed by atoms with E-state index in [0.717, 1.165) is 19.6 Å². The Bertz CT molecular complexity index is 19.1. The van der Waals surface area contributed by atoms with E-state index >= 15 is 0 Å². The van der Waals surface area contributed by atoms with Gasteiger partial charge in [-0.2, -0.15) is 6.42 Å². The van der Waals surface area contributed by atoms with Gasteiger partial charge in [0.25, 0.3) is 0 Å². The number of rotatable bonds is 0. The van der Waals surface area contributed by atoms with E-state index in [4.69, 9.17) is 4.74 Å². The molecule has 0 aromatic rings. The number of hydrogen-bond acceptors (Lipinski definition) is 1. The van der Waals surface area contributed by atoms with Gasteiger partial charge in [0.1, 0.15) is 0 Å². The Balaban J connectivity index is 0.000000250. The first-order chi connectivity index (χ1) is 2.50. The summed E-state index contributed by atoms with van der Waals surface area (Å²) in [4.78, 5) is 0. The van der Waals surface area contributed by atoms with Gasteiger partial charge in [-0.15, -0.1) is 0 Å². The van der Waals surface area contributed by atoms with E-state index < -0.39 is 0 Å². The van der Waals surface area contributed by atoms with Crippen LogP contribution in [0.25, 0.3) is 0 Å². The van der Waals surface area contributed by atoms with Crippen molar-refractivity contribution < 1.29 is 25.8 Å². The van der Waals surface area contributed by atoms with E-state index in [-0.39, 0.29) is 21.1 Å². The molecule has 1 rings (SSSR count). The molecule has 0 bridgehead atoms. The quantitative estimate of drug-likeness (QED) is 0.576. The third kappa shape index (κ3) is 1.94. The van der Waals surface area contributed by atoms with E-state index in [1.165, 1.54) is 0 Å². The largest absolute Gasteiger partial charge is 0.416 e. The molecule has 0 atom stereocenters. The molecular weight excluding hydrogens is 248 g/mol. The maximum Gasteiger partial charge on any atom is 0.0161 e. The Morgan fingerprint density at radius 3 is 2.50 bits per heavy atom. The SMILES string of the molecule is [CH-]1CCOC1.[W]. The smallest absolute Gasteiger partial charge is 0.0161 e. The van der Waals surface area contributed by atoms with Gasteiger partial charge in [0, 0.05) is 27.7 Å². The van der Waals surface area contributed by atoms with Gasteiger partial charge in [-0.3, -0.25) is 0 Å². The van der Waals surface area contributed by atoms with E-state index in [2.05, 4.69) is 6.42 Å². The minimum atomic E-state index is 0. The summed E-state index contributed by atoms with van der Waals surface area (Å²) in [5, 5.41) is 0. The molecule has 0 aromatic heterocycles. The third-order valence-corrected chi connectivity index (χ3v) is 0.702. The third-order valence-electron chi connectivity index (χ3n) is 0.702. The zero-order chi connectivity index (χ0) is 3.54. The van der Waals surface area contributed by atoms with Crippen molar-refractivity contribution in [2.24, 2.45) is 0 Å². The van der Waals surface area contributed by atoms with Crippen molar-refractivity contribution in [2.45, 2.75) is 6.42 Å². The minimum Gasteiger partial charge on any atom is -0.416 e. The molecule has 1 heterocycles. The molecule has 0 N–H and O–H groups in total. The Morgan fingerprint density at radius 2 is 2.33 bits per heavy atom. The molecule has 1 fully saturated rings. The normalized spacial score (nSPS) is 20.0. The Morgan fingerprint density at radius 1 is 1.50 bits per heavy atom. The van der Waals surface area contributed by atoms with Crippen LogP contribution < -0.4 is 0 Å². The van der Waals surface area contributed by atoms with E-state index in [1.54, 1.807) is 0 Å². The Kier molecular flexibility index (Phi) is 4.24. The summed E-state index contributed by atoms with van der Waals surface area (Å²) in [5.74, 6) is 0. The van der Waals surface area contributed by atoms with Crippen molar-refractivity contribution in [1.82, 2.24) is 0 Å². The molecule has 6 heavy (non-hydrogen) atoms. The van der Waals surface area contributed by atoms with Crippen LogP contribution in [-0.2, 0) is 25.8 Å². The maximum absolute atomic E-state index is 4.89. The van der Waals surface area contributed by atoms with Gasteiger partial charge >= 0.3 is 0 Å². The van der Waals surface area contributed by atoms with Gasteiger partial charge in [0.15, 0.2) is 0 Å². The molecule has 1 aliphatic rings. The average molecular weight is 255 g/mol. The van der Waals surface area contributed by atoms with Crippen LogP contribution in [0.5, 0.6) is 0 Å². The van der Waals surface area contributed by atoms with Crippen molar-refractivity contribution in [2.75, 3.05) is 13.2 Å². The Labute approximate surface area is 52.3 Å². The minimum absolute atomic E-state index is 0. The van der Waals surface area contributed by atoms with Crippen LogP contribution in [0.3, 0.4) is 0 Å². The van der Waals surface area contributed by atoms with Gasteiger partial charge in [0.2, 0.25) is 0 Å². The number of hydrogen-bond donors (Lipinski definition) is 0. The maximum atomic E-state index is 4.89. The van der Waals surface area contributed by atoms with Gasteiger partial charge in [-0.05, 0) is 0 Å². The van der Waals surface area contributed by atoms with Crippen LogP contribution in [0, 0.1) is 6.42 Å². The van der Waals surface area contributed by atoms with E-state index in [9.17, 15) is 0 Å². The predicted octanol–water partition coefficient (Wildman–Crippen LogP) is 0.608. The number of ether oxygens (including phenoxy) is 1. The van der Waals surface area contributed by atoms with Crippen molar-refractivity contribution >= 4 is 0 Å². The molecule has 0 aromatic carbocycles. The molecule has 1 saturated heterocycles. The van der Waals surface area contributed by atoms with Gasteiger partial charge in [-0.25, -0.2) is 0 Å². The molecule has 36 valence electrons. The molecule has 0 amide bonds. The van der Waals surface area contributed by atoms with Crippen LogP contribution in [0.15, 0.2) is 0 Å². The summed E-state index contributed by atoms with van der Waals surface area (Å²) >= 11 is 0. The summed E-state index contributed by atoms with van der Waals surface area (Å²) in [7, 11) is 0. The first-order valence-electron chi connectivity index (χ1n) is 1.89. The van der Waals surface area contributed by atoms with Crippen LogP contribution in [-0.4, -0.2) is 13.2 Å². The first-order valence-corrected chi connectivity index (χ1v) is 1.89. The average Bonchev–Trinajstić information content (AvgIpc) is 1.76. The predicted molar refractivity (Wildman–Crippen MR) is 19.7 cm³/mol. The molecular formula is C4H7OW-. The van der Waals surface area contributed by atoms with E-state index in [0.29, 0.717) is 0 Å². The van der Waals surface area contributed by atoms with Gasteiger partial charge in [-0.1, -0.05) is 6.61 Å². The van der Waals surface area contributed by atoms with E-state index in [1.807, 2.05) is 0 Å². The second kappa shape index (κ2) is 3.83. The second-order valence-corrected chi connectivity index (χ2v) is 1.15. The summed E-state index contributed by atoms with van der Waals surface area (Å²) in [6, 6.07) is 0. The fourth-order valence-corrected chi connectivity index (χ4v) is 0.417. The second-order valence-electron chi connectivity index (χ2n) is 1.15. The standard InChI is InChI=1S/C4H7O.W/c1-2-4-5-3-1;/h1H,2-4H2;/q-1;. The van der Waals surface area contributed by atoms with Crippen molar-refractivity contribution in [1.29, 1.82) is 0 Å². The van der Waals surface area contributed by atoms with Gasteiger partial charge in [0.05, 0.1) is 0 Å². The Hall–Kier alpha value is 0.648. The van der Waals surface area contributed by atoms with Crippen LogP contribution >= 0.6 is 0 Å². The van der Waals surface area contributed by atoms with Crippen molar-refractivity contribution in [3.8, 4) is 0 Å². The van der Waals surface area contributed by atoms with Crippen LogP contribution in [0.1, 0.15) is 6.42 Å². The van der Waals surface area contributed by atoms with Gasteiger partial charge < -0.3 is 11.2 Å². The zero-order valence-electron chi connectivity index (χ0n) is 3.52. The molecule has 0 unspecified atom stereocenters. The van der Waals surface area contributed by atoms with Crippen molar-refractivity contribution in [3.63, 3.8) is 0 Å². The monoisotopic (exact) mass is 255 g/mol. The molecule has 2 heteroatoms. The zero-order valence-corrected chi connectivity index (χ0v) is 6.45. The molecule has 0 radical (unpaired) electrons. The molecule has 0 saturated carbocycles. The topological polar surface area (TPSA) is 9.23 Å². The molecule has 0 spiro atoms. The van der Waals surface area contributed by atoms with Crippen molar-refractivity contribution in [3.05, 3.63) is 6.42 Å². The summed E-state index contributed by atoms with van der Waals surface area (Å²) in [6.07, 6.45) is 3.29. The first kappa shape index (κ1) is 6.65. The van der Waals surface area contributed by atoms with Crippen LogP contribution in [0.4, 0.5) is 0 Å². The molecule has 1 aliphatic heterocycles. The fraction of sp³-hybridized carbons (Fsp3) is 0.750. The summed E-state index contributed by atoms with van der Waals surface area (Å²) in [5.41, 5.74) is 0. The fourth-order valence-electron chi connectivity index (χ4n) is 0.417. The summed E-state index contributed by atoms with van der Waals surface area (Å²) < 4.78 is 4.89.